The Kier molecular flexibility index (Phi) is 6.09. The largest absolute Gasteiger partial charge is 0.393 e. The Morgan fingerprint density at radius 3 is 2.44 bits per heavy atom. The Bertz CT molecular complexity index is 237. The lowest BCUT2D eigenvalue weighted by atomic mass is 9.87. The van der Waals surface area contributed by atoms with Gasteiger partial charge in [-0.25, -0.2) is 0 Å². The van der Waals surface area contributed by atoms with Crippen LogP contribution in [0.5, 0.6) is 0 Å². The molecular formula is C15H32N2O. The maximum absolute atomic E-state index is 10.1. The molecule has 0 aromatic rings. The Morgan fingerprint density at radius 1 is 1.28 bits per heavy atom. The lowest BCUT2D eigenvalue weighted by Crippen LogP contribution is -2.52. The first kappa shape index (κ1) is 15.9. The number of nitrogens with zero attached hydrogens (tertiary/aromatic N) is 1. The van der Waals surface area contributed by atoms with E-state index in [9.17, 15) is 5.11 Å². The van der Waals surface area contributed by atoms with Crippen molar-refractivity contribution in [1.29, 1.82) is 0 Å². The van der Waals surface area contributed by atoms with Gasteiger partial charge in [-0.3, -0.25) is 0 Å². The van der Waals surface area contributed by atoms with Crippen LogP contribution in [0.4, 0.5) is 0 Å². The van der Waals surface area contributed by atoms with Crippen molar-refractivity contribution >= 4 is 0 Å². The molecule has 1 aliphatic heterocycles. The normalized spacial score (nSPS) is 28.3. The SMILES string of the molecule is CCC(O)C1CC(NCC(C)(C)C)CN(CC)C1. The average Bonchev–Trinajstić information content (AvgIpc) is 2.34. The van der Waals surface area contributed by atoms with E-state index in [-0.39, 0.29) is 6.10 Å². The van der Waals surface area contributed by atoms with Gasteiger partial charge in [0, 0.05) is 25.7 Å². The van der Waals surface area contributed by atoms with Crippen LogP contribution in [0, 0.1) is 11.3 Å². The third-order valence-electron chi connectivity index (χ3n) is 3.89. The summed E-state index contributed by atoms with van der Waals surface area (Å²) >= 11 is 0. The van der Waals surface area contributed by atoms with Gasteiger partial charge in [0.25, 0.3) is 0 Å². The van der Waals surface area contributed by atoms with Gasteiger partial charge in [0.1, 0.15) is 0 Å². The summed E-state index contributed by atoms with van der Waals surface area (Å²) in [6.07, 6.45) is 1.84. The minimum absolute atomic E-state index is 0.140. The summed E-state index contributed by atoms with van der Waals surface area (Å²) in [5.41, 5.74) is 0.327. The zero-order chi connectivity index (χ0) is 13.8. The smallest absolute Gasteiger partial charge is 0.0578 e. The topological polar surface area (TPSA) is 35.5 Å². The summed E-state index contributed by atoms with van der Waals surface area (Å²) in [7, 11) is 0. The van der Waals surface area contributed by atoms with Gasteiger partial charge in [0.15, 0.2) is 0 Å². The van der Waals surface area contributed by atoms with E-state index in [1.165, 1.54) is 0 Å². The fraction of sp³-hybridized carbons (Fsp3) is 1.00. The summed E-state index contributed by atoms with van der Waals surface area (Å²) in [4.78, 5) is 2.47. The van der Waals surface area contributed by atoms with Gasteiger partial charge in [-0.2, -0.15) is 0 Å². The van der Waals surface area contributed by atoms with Gasteiger partial charge >= 0.3 is 0 Å². The van der Waals surface area contributed by atoms with Crippen LogP contribution in [0.2, 0.25) is 0 Å². The number of piperidine rings is 1. The maximum Gasteiger partial charge on any atom is 0.0578 e. The highest BCUT2D eigenvalue weighted by Gasteiger charge is 2.30. The van der Waals surface area contributed by atoms with E-state index in [1.54, 1.807) is 0 Å². The Morgan fingerprint density at radius 2 is 1.94 bits per heavy atom. The Balaban J connectivity index is 2.51. The predicted molar refractivity (Wildman–Crippen MR) is 77.8 cm³/mol. The van der Waals surface area contributed by atoms with E-state index >= 15 is 0 Å². The van der Waals surface area contributed by atoms with Crippen molar-refractivity contribution in [3.63, 3.8) is 0 Å². The fourth-order valence-corrected chi connectivity index (χ4v) is 2.70. The summed E-state index contributed by atoms with van der Waals surface area (Å²) in [5.74, 6) is 0.432. The van der Waals surface area contributed by atoms with Crippen LogP contribution < -0.4 is 5.32 Å². The summed E-state index contributed by atoms with van der Waals surface area (Å²) in [6.45, 7) is 15.4. The highest BCUT2D eigenvalue weighted by atomic mass is 16.3. The van der Waals surface area contributed by atoms with Crippen molar-refractivity contribution in [1.82, 2.24) is 10.2 Å². The number of aliphatic hydroxyl groups is 1. The van der Waals surface area contributed by atoms with Gasteiger partial charge in [-0.05, 0) is 30.7 Å². The molecule has 1 rings (SSSR count). The van der Waals surface area contributed by atoms with Crippen molar-refractivity contribution in [2.45, 2.75) is 59.6 Å². The van der Waals surface area contributed by atoms with Gasteiger partial charge in [0.2, 0.25) is 0 Å². The first-order valence-electron chi connectivity index (χ1n) is 7.49. The molecule has 0 aromatic carbocycles. The third kappa shape index (κ3) is 5.25. The standard InChI is InChI=1S/C15H32N2O/c1-6-14(18)12-8-13(10-17(7-2)9-12)16-11-15(3,4)5/h12-14,16,18H,6-11H2,1-5H3. The van der Waals surface area contributed by atoms with Crippen molar-refractivity contribution in [3.05, 3.63) is 0 Å². The second-order valence-corrected chi connectivity index (χ2v) is 6.96. The van der Waals surface area contributed by atoms with E-state index in [1.807, 2.05) is 0 Å². The molecule has 3 heteroatoms. The van der Waals surface area contributed by atoms with Crippen molar-refractivity contribution in [2.24, 2.45) is 11.3 Å². The highest BCUT2D eigenvalue weighted by molar-refractivity contribution is 4.86. The van der Waals surface area contributed by atoms with E-state index in [2.05, 4.69) is 44.8 Å². The number of nitrogens with one attached hydrogen (secondary N) is 1. The second kappa shape index (κ2) is 6.88. The van der Waals surface area contributed by atoms with Crippen molar-refractivity contribution < 1.29 is 5.11 Å². The fourth-order valence-electron chi connectivity index (χ4n) is 2.70. The second-order valence-electron chi connectivity index (χ2n) is 6.96. The molecule has 3 atom stereocenters. The van der Waals surface area contributed by atoms with Gasteiger partial charge in [-0.1, -0.05) is 34.6 Å². The number of hydrogen-bond donors (Lipinski definition) is 2. The van der Waals surface area contributed by atoms with Gasteiger partial charge in [-0.15, -0.1) is 0 Å². The number of rotatable bonds is 5. The maximum atomic E-state index is 10.1. The molecule has 0 aliphatic carbocycles. The molecule has 1 aliphatic rings. The number of aliphatic hydroxyl groups excluding tert-OH is 1. The molecular weight excluding hydrogens is 224 g/mol. The molecule has 0 amide bonds. The molecule has 3 nitrogen and oxygen atoms in total. The van der Waals surface area contributed by atoms with Crippen LogP contribution in [-0.2, 0) is 0 Å². The van der Waals surface area contributed by atoms with E-state index in [0.29, 0.717) is 17.4 Å². The van der Waals surface area contributed by atoms with Gasteiger partial charge in [0.05, 0.1) is 6.10 Å². The van der Waals surface area contributed by atoms with Gasteiger partial charge < -0.3 is 15.3 Å². The van der Waals surface area contributed by atoms with Crippen LogP contribution in [0.15, 0.2) is 0 Å². The quantitative estimate of drug-likeness (QED) is 0.791. The molecule has 3 unspecified atom stereocenters. The molecule has 18 heavy (non-hydrogen) atoms. The number of likely N-dealkylation sites (tertiary alicyclic amines) is 1. The van der Waals surface area contributed by atoms with Crippen LogP contribution in [0.1, 0.15) is 47.5 Å². The Labute approximate surface area is 113 Å². The van der Waals surface area contributed by atoms with Crippen LogP contribution in [0.25, 0.3) is 0 Å². The molecule has 0 spiro atoms. The van der Waals surface area contributed by atoms with Crippen molar-refractivity contribution in [3.8, 4) is 0 Å². The van der Waals surface area contributed by atoms with Crippen molar-refractivity contribution in [2.75, 3.05) is 26.2 Å². The molecule has 1 saturated heterocycles. The summed E-state index contributed by atoms with van der Waals surface area (Å²) < 4.78 is 0. The van der Waals surface area contributed by atoms with Crippen LogP contribution in [0.3, 0.4) is 0 Å². The molecule has 108 valence electrons. The molecule has 0 saturated carbocycles. The predicted octanol–water partition coefficient (Wildman–Crippen LogP) is 2.10. The Hall–Kier alpha value is -0.120. The van der Waals surface area contributed by atoms with Crippen LogP contribution >= 0.6 is 0 Å². The summed E-state index contributed by atoms with van der Waals surface area (Å²) in [6, 6.07) is 0.532. The molecule has 1 fully saturated rings. The average molecular weight is 256 g/mol. The number of likely N-dealkylation sites (N-methyl/N-ethyl adjacent to an activating group) is 1. The zero-order valence-electron chi connectivity index (χ0n) is 12.9. The van der Waals surface area contributed by atoms with E-state index in [0.717, 1.165) is 39.0 Å². The van der Waals surface area contributed by atoms with E-state index < -0.39 is 0 Å². The first-order valence-corrected chi connectivity index (χ1v) is 7.49. The molecule has 0 aromatic heterocycles. The minimum atomic E-state index is -0.140. The molecule has 2 N–H and O–H groups in total. The zero-order valence-corrected chi connectivity index (χ0v) is 12.9. The monoisotopic (exact) mass is 256 g/mol. The molecule has 1 heterocycles. The lowest BCUT2D eigenvalue weighted by molar-refractivity contribution is 0.0362. The lowest BCUT2D eigenvalue weighted by Gasteiger charge is -2.40. The molecule has 0 bridgehead atoms. The molecule has 0 radical (unpaired) electrons. The summed E-state index contributed by atoms with van der Waals surface area (Å²) in [5, 5.41) is 13.8. The number of hydrogen-bond acceptors (Lipinski definition) is 3. The first-order chi connectivity index (χ1) is 8.35. The van der Waals surface area contributed by atoms with Crippen LogP contribution in [-0.4, -0.2) is 48.3 Å². The van der Waals surface area contributed by atoms with E-state index in [4.69, 9.17) is 0 Å². The third-order valence-corrected chi connectivity index (χ3v) is 3.89. The minimum Gasteiger partial charge on any atom is -0.393 e. The highest BCUT2D eigenvalue weighted by Crippen LogP contribution is 2.22.